The Morgan fingerprint density at radius 2 is 2.31 bits per heavy atom. The van der Waals surface area contributed by atoms with Crippen molar-refractivity contribution in [3.05, 3.63) is 22.4 Å². The van der Waals surface area contributed by atoms with Gasteiger partial charge >= 0.3 is 0 Å². The normalized spacial score (nSPS) is 14.0. The Morgan fingerprint density at radius 1 is 1.56 bits per heavy atom. The van der Waals surface area contributed by atoms with Gasteiger partial charge in [-0.2, -0.15) is 11.3 Å². The molecule has 0 aliphatic heterocycles. The van der Waals surface area contributed by atoms with E-state index >= 15 is 0 Å². The monoisotopic (exact) mass is 242 g/mol. The van der Waals surface area contributed by atoms with E-state index in [4.69, 9.17) is 10.6 Å². The smallest absolute Gasteiger partial charge is 0.0638 e. The van der Waals surface area contributed by atoms with Crippen molar-refractivity contribution in [3.8, 4) is 0 Å². The molecule has 92 valence electrons. The minimum Gasteiger partial charge on any atom is -0.379 e. The van der Waals surface area contributed by atoms with E-state index in [9.17, 15) is 0 Å². The molecule has 1 aromatic rings. The van der Waals surface area contributed by atoms with E-state index in [1.54, 1.807) is 18.4 Å². The third kappa shape index (κ3) is 4.61. The summed E-state index contributed by atoms with van der Waals surface area (Å²) in [6.45, 7) is 4.17. The first-order valence-corrected chi connectivity index (χ1v) is 6.54. The van der Waals surface area contributed by atoms with Crippen molar-refractivity contribution in [2.45, 2.75) is 44.8 Å². The fourth-order valence-corrected chi connectivity index (χ4v) is 2.40. The summed E-state index contributed by atoms with van der Waals surface area (Å²) >= 11 is 1.74. The highest BCUT2D eigenvalue weighted by Gasteiger charge is 2.21. The van der Waals surface area contributed by atoms with Crippen LogP contribution in [0.2, 0.25) is 0 Å². The lowest BCUT2D eigenvalue weighted by atomic mass is 9.95. The number of nitrogens with one attached hydrogen (secondary N) is 1. The summed E-state index contributed by atoms with van der Waals surface area (Å²) in [6, 6.07) is 2.47. The maximum absolute atomic E-state index is 5.57. The van der Waals surface area contributed by atoms with E-state index in [1.807, 2.05) is 0 Å². The van der Waals surface area contributed by atoms with Crippen molar-refractivity contribution in [1.82, 2.24) is 5.43 Å². The van der Waals surface area contributed by atoms with Crippen LogP contribution in [0.25, 0.3) is 0 Å². The molecule has 0 aromatic carbocycles. The highest BCUT2D eigenvalue weighted by molar-refractivity contribution is 7.07. The number of methoxy groups -OCH3 is 1. The van der Waals surface area contributed by atoms with Crippen LogP contribution in [0.3, 0.4) is 0 Å². The number of thiophene rings is 1. The van der Waals surface area contributed by atoms with Crippen molar-refractivity contribution >= 4 is 11.3 Å². The predicted octanol–water partition coefficient (Wildman–Crippen LogP) is 2.33. The average molecular weight is 242 g/mol. The van der Waals surface area contributed by atoms with Crippen LogP contribution in [0.15, 0.2) is 16.8 Å². The minimum absolute atomic E-state index is 0.119. The summed E-state index contributed by atoms with van der Waals surface area (Å²) in [5, 5.41) is 4.30. The summed E-state index contributed by atoms with van der Waals surface area (Å²) in [4.78, 5) is 0. The molecule has 1 heterocycles. The van der Waals surface area contributed by atoms with Gasteiger partial charge in [0, 0.05) is 13.2 Å². The zero-order valence-electron chi connectivity index (χ0n) is 10.3. The molecule has 16 heavy (non-hydrogen) atoms. The molecule has 1 aromatic heterocycles. The summed E-state index contributed by atoms with van der Waals surface area (Å²) < 4.78 is 5.41. The van der Waals surface area contributed by atoms with Gasteiger partial charge in [-0.15, -0.1) is 0 Å². The standard InChI is InChI=1S/C12H22N2OS/c1-12(2,15-3)8-11(14-13)5-4-10-6-7-16-9-10/h6-7,9,11,14H,4-5,8,13H2,1-3H3. The highest BCUT2D eigenvalue weighted by atomic mass is 32.1. The largest absolute Gasteiger partial charge is 0.379 e. The number of hydrogen-bond acceptors (Lipinski definition) is 4. The molecule has 0 saturated carbocycles. The second-order valence-corrected chi connectivity index (χ2v) is 5.48. The SMILES string of the molecule is COC(C)(C)CC(CCc1ccsc1)NN. The Morgan fingerprint density at radius 3 is 2.81 bits per heavy atom. The van der Waals surface area contributed by atoms with Gasteiger partial charge < -0.3 is 4.74 Å². The quantitative estimate of drug-likeness (QED) is 0.570. The topological polar surface area (TPSA) is 47.3 Å². The van der Waals surface area contributed by atoms with Crippen LogP contribution in [0, 0.1) is 0 Å². The Labute approximate surface area is 102 Å². The van der Waals surface area contributed by atoms with Crippen LogP contribution >= 0.6 is 11.3 Å². The van der Waals surface area contributed by atoms with E-state index in [2.05, 4.69) is 36.1 Å². The highest BCUT2D eigenvalue weighted by Crippen LogP contribution is 2.18. The molecule has 0 saturated heterocycles. The molecule has 0 aliphatic rings. The first-order chi connectivity index (χ1) is 7.57. The van der Waals surface area contributed by atoms with Crippen molar-refractivity contribution in [2.24, 2.45) is 5.84 Å². The number of aryl methyl sites for hydroxylation is 1. The van der Waals surface area contributed by atoms with E-state index in [0.717, 1.165) is 19.3 Å². The Hall–Kier alpha value is -0.420. The molecular formula is C12H22N2OS. The predicted molar refractivity (Wildman–Crippen MR) is 69.5 cm³/mol. The molecule has 0 aliphatic carbocycles. The van der Waals surface area contributed by atoms with Gasteiger partial charge in [-0.05, 0) is 55.5 Å². The Bertz CT molecular complexity index is 285. The van der Waals surface area contributed by atoms with Gasteiger partial charge in [0.2, 0.25) is 0 Å². The van der Waals surface area contributed by atoms with E-state index in [-0.39, 0.29) is 5.60 Å². The fraction of sp³-hybridized carbons (Fsp3) is 0.667. The lowest BCUT2D eigenvalue weighted by Crippen LogP contribution is -2.41. The average Bonchev–Trinajstić information content (AvgIpc) is 2.77. The molecule has 3 N–H and O–H groups in total. The maximum Gasteiger partial charge on any atom is 0.0638 e. The van der Waals surface area contributed by atoms with Crippen LogP contribution in [-0.4, -0.2) is 18.8 Å². The van der Waals surface area contributed by atoms with E-state index in [0.29, 0.717) is 6.04 Å². The van der Waals surface area contributed by atoms with Gasteiger partial charge in [-0.3, -0.25) is 11.3 Å². The van der Waals surface area contributed by atoms with Gasteiger partial charge in [0.1, 0.15) is 0 Å². The van der Waals surface area contributed by atoms with Gasteiger partial charge in [0.15, 0.2) is 0 Å². The van der Waals surface area contributed by atoms with Gasteiger partial charge in [-0.25, -0.2) is 0 Å². The molecule has 0 bridgehead atoms. The third-order valence-corrected chi connectivity index (χ3v) is 3.62. The van der Waals surface area contributed by atoms with E-state index in [1.165, 1.54) is 5.56 Å². The van der Waals surface area contributed by atoms with Gasteiger partial charge in [0.05, 0.1) is 5.60 Å². The summed E-state index contributed by atoms with van der Waals surface area (Å²) in [5.74, 6) is 5.57. The zero-order valence-corrected chi connectivity index (χ0v) is 11.1. The third-order valence-electron chi connectivity index (χ3n) is 2.89. The van der Waals surface area contributed by atoms with Crippen molar-refractivity contribution in [1.29, 1.82) is 0 Å². The molecule has 1 rings (SSSR count). The first-order valence-electron chi connectivity index (χ1n) is 5.60. The van der Waals surface area contributed by atoms with E-state index < -0.39 is 0 Å². The molecular weight excluding hydrogens is 220 g/mol. The second kappa shape index (κ2) is 6.35. The van der Waals surface area contributed by atoms with Gasteiger partial charge in [0.25, 0.3) is 0 Å². The van der Waals surface area contributed by atoms with Crippen LogP contribution in [0.1, 0.15) is 32.3 Å². The van der Waals surface area contributed by atoms with Gasteiger partial charge in [-0.1, -0.05) is 0 Å². The number of ether oxygens (including phenoxy) is 1. The molecule has 1 unspecified atom stereocenters. The fourth-order valence-electron chi connectivity index (χ4n) is 1.70. The number of hydrogen-bond donors (Lipinski definition) is 2. The summed E-state index contributed by atoms with van der Waals surface area (Å²) in [5.41, 5.74) is 4.15. The lowest BCUT2D eigenvalue weighted by Gasteiger charge is -2.28. The van der Waals surface area contributed by atoms with Crippen LogP contribution in [0.5, 0.6) is 0 Å². The van der Waals surface area contributed by atoms with Crippen molar-refractivity contribution in [3.63, 3.8) is 0 Å². The number of nitrogens with two attached hydrogens (primary N) is 1. The van der Waals surface area contributed by atoms with Crippen molar-refractivity contribution < 1.29 is 4.74 Å². The molecule has 1 atom stereocenters. The van der Waals surface area contributed by atoms with Crippen LogP contribution < -0.4 is 11.3 Å². The number of hydrazine groups is 1. The molecule has 0 amide bonds. The summed E-state index contributed by atoms with van der Waals surface area (Å²) in [6.07, 6.45) is 3.03. The Balaban J connectivity index is 2.37. The van der Waals surface area contributed by atoms with Crippen molar-refractivity contribution in [2.75, 3.05) is 7.11 Å². The van der Waals surface area contributed by atoms with Crippen LogP contribution in [-0.2, 0) is 11.2 Å². The molecule has 4 heteroatoms. The maximum atomic E-state index is 5.57. The lowest BCUT2D eigenvalue weighted by molar-refractivity contribution is 0.00639. The second-order valence-electron chi connectivity index (χ2n) is 4.70. The minimum atomic E-state index is -0.119. The van der Waals surface area contributed by atoms with Crippen LogP contribution in [0.4, 0.5) is 0 Å². The number of rotatable bonds is 7. The Kier molecular flexibility index (Phi) is 5.41. The molecule has 0 radical (unpaired) electrons. The summed E-state index contributed by atoms with van der Waals surface area (Å²) in [7, 11) is 1.74. The zero-order chi connectivity index (χ0) is 12.0. The first kappa shape index (κ1) is 13.6. The molecule has 0 spiro atoms. The molecule has 0 fully saturated rings. The molecule has 3 nitrogen and oxygen atoms in total.